The third-order valence-electron chi connectivity index (χ3n) is 2.06. The van der Waals surface area contributed by atoms with Crippen LogP contribution in [0.1, 0.15) is 6.92 Å². The summed E-state index contributed by atoms with van der Waals surface area (Å²) >= 11 is 0. The fourth-order valence-electron chi connectivity index (χ4n) is 1.26. The van der Waals surface area contributed by atoms with Crippen molar-refractivity contribution in [3.63, 3.8) is 0 Å². The Morgan fingerprint density at radius 3 is 2.38 bits per heavy atom. The number of likely N-dealkylation sites (N-methyl/N-ethyl adjacent to an activating group) is 1. The Labute approximate surface area is 76.9 Å². The van der Waals surface area contributed by atoms with Crippen molar-refractivity contribution in [1.29, 1.82) is 0 Å². The summed E-state index contributed by atoms with van der Waals surface area (Å²) in [6.45, 7) is 1.17. The van der Waals surface area contributed by atoms with E-state index in [-0.39, 0.29) is 13.2 Å². The topological polar surface area (TPSA) is 77.9 Å². The first-order chi connectivity index (χ1) is 5.92. The van der Waals surface area contributed by atoms with Crippen LogP contribution < -0.4 is 0 Å². The van der Waals surface area contributed by atoms with Crippen LogP contribution in [0.5, 0.6) is 0 Å². The molecule has 0 saturated carbocycles. The molecule has 6 nitrogen and oxygen atoms in total. The molecule has 0 bridgehead atoms. The molecule has 1 saturated heterocycles. The normalized spacial score (nSPS) is 28.4. The predicted molar refractivity (Wildman–Crippen MR) is 44.9 cm³/mol. The van der Waals surface area contributed by atoms with Crippen molar-refractivity contribution in [2.45, 2.75) is 13.0 Å². The zero-order valence-corrected chi connectivity index (χ0v) is 8.28. The molecule has 7 heteroatoms. The minimum absolute atomic E-state index is 0.0421. The van der Waals surface area contributed by atoms with Gasteiger partial charge in [-0.05, 0) is 6.92 Å². The molecule has 1 atom stereocenters. The van der Waals surface area contributed by atoms with E-state index >= 15 is 0 Å². The molecule has 1 fully saturated rings. The van der Waals surface area contributed by atoms with Gasteiger partial charge in [-0.15, -0.1) is 0 Å². The second kappa shape index (κ2) is 3.24. The third kappa shape index (κ3) is 1.43. The zero-order valence-electron chi connectivity index (χ0n) is 7.47. The molecule has 1 aliphatic heterocycles. The number of hydrogen-bond acceptors (Lipinski definition) is 4. The standard InChI is InChI=1S/C6H12N2O4S/c1-5-6(10)7(2)13(11,12)8(5)3-4-9/h5,9H,3-4H2,1-2H3. The Morgan fingerprint density at radius 1 is 1.54 bits per heavy atom. The van der Waals surface area contributed by atoms with Crippen LogP contribution in [0.25, 0.3) is 0 Å². The molecule has 1 rings (SSSR count). The average Bonchev–Trinajstić information content (AvgIpc) is 2.20. The molecule has 0 spiro atoms. The van der Waals surface area contributed by atoms with Crippen LogP contribution in [0.3, 0.4) is 0 Å². The molecule has 0 aliphatic carbocycles. The Bertz CT molecular complexity index is 313. The molecule has 0 aromatic carbocycles. The number of amides is 1. The summed E-state index contributed by atoms with van der Waals surface area (Å²) in [4.78, 5) is 11.2. The van der Waals surface area contributed by atoms with Crippen LogP contribution in [-0.4, -0.2) is 54.3 Å². The number of nitrogens with zero attached hydrogens (tertiary/aromatic N) is 2. The first-order valence-electron chi connectivity index (χ1n) is 3.83. The highest BCUT2D eigenvalue weighted by Gasteiger charge is 2.45. The number of rotatable bonds is 2. The maximum Gasteiger partial charge on any atom is 0.306 e. The van der Waals surface area contributed by atoms with Gasteiger partial charge >= 0.3 is 10.2 Å². The third-order valence-corrected chi connectivity index (χ3v) is 4.03. The van der Waals surface area contributed by atoms with E-state index in [9.17, 15) is 13.2 Å². The lowest BCUT2D eigenvalue weighted by Crippen LogP contribution is -2.36. The van der Waals surface area contributed by atoms with Crippen molar-refractivity contribution >= 4 is 16.1 Å². The molecule has 13 heavy (non-hydrogen) atoms. The monoisotopic (exact) mass is 208 g/mol. The van der Waals surface area contributed by atoms with E-state index in [2.05, 4.69) is 0 Å². The molecule has 0 radical (unpaired) electrons. The van der Waals surface area contributed by atoms with Crippen molar-refractivity contribution in [2.75, 3.05) is 20.2 Å². The van der Waals surface area contributed by atoms with Crippen LogP contribution in [0.15, 0.2) is 0 Å². The number of β-amino-alcohol motifs (C(OH)–C–C–N with tert-alkyl or cyclic N) is 1. The number of aliphatic hydroxyl groups is 1. The van der Waals surface area contributed by atoms with Crippen molar-refractivity contribution in [2.24, 2.45) is 0 Å². The molecule has 0 aromatic heterocycles. The van der Waals surface area contributed by atoms with Crippen LogP contribution in [-0.2, 0) is 15.0 Å². The highest BCUT2D eigenvalue weighted by molar-refractivity contribution is 7.87. The van der Waals surface area contributed by atoms with Gasteiger partial charge in [-0.1, -0.05) is 0 Å². The minimum atomic E-state index is -3.67. The van der Waals surface area contributed by atoms with Gasteiger partial charge in [0.15, 0.2) is 0 Å². The van der Waals surface area contributed by atoms with Gasteiger partial charge in [0.25, 0.3) is 5.91 Å². The number of carbonyl (C=O) groups excluding carboxylic acids is 1. The van der Waals surface area contributed by atoms with Gasteiger partial charge in [-0.2, -0.15) is 12.7 Å². The Kier molecular flexibility index (Phi) is 2.60. The van der Waals surface area contributed by atoms with Gasteiger partial charge in [0.2, 0.25) is 0 Å². The maximum absolute atomic E-state index is 11.4. The number of carbonyl (C=O) groups is 1. The largest absolute Gasteiger partial charge is 0.395 e. The smallest absolute Gasteiger partial charge is 0.306 e. The summed E-state index contributed by atoms with van der Waals surface area (Å²) in [6, 6.07) is -0.706. The lowest BCUT2D eigenvalue weighted by Gasteiger charge is -2.15. The van der Waals surface area contributed by atoms with Gasteiger partial charge in [0, 0.05) is 13.6 Å². The van der Waals surface area contributed by atoms with E-state index in [1.54, 1.807) is 0 Å². The average molecular weight is 208 g/mol. The van der Waals surface area contributed by atoms with Crippen LogP contribution >= 0.6 is 0 Å². The van der Waals surface area contributed by atoms with Crippen molar-refractivity contribution in [1.82, 2.24) is 8.61 Å². The van der Waals surface area contributed by atoms with E-state index in [4.69, 9.17) is 5.11 Å². The summed E-state index contributed by atoms with van der Waals surface area (Å²) in [5.74, 6) is -0.464. The molecule has 1 aliphatic rings. The molecule has 1 amide bonds. The second-order valence-electron chi connectivity index (χ2n) is 2.82. The van der Waals surface area contributed by atoms with Gasteiger partial charge < -0.3 is 5.11 Å². The van der Waals surface area contributed by atoms with Gasteiger partial charge in [0.1, 0.15) is 6.04 Å². The number of aliphatic hydroxyl groups excluding tert-OH is 1. The van der Waals surface area contributed by atoms with E-state index in [1.807, 2.05) is 0 Å². The fraction of sp³-hybridized carbons (Fsp3) is 0.833. The summed E-state index contributed by atoms with van der Waals surface area (Å²) < 4.78 is 24.5. The quantitative estimate of drug-likeness (QED) is 0.592. The SMILES string of the molecule is CC1C(=O)N(C)S(=O)(=O)N1CCO. The van der Waals surface area contributed by atoms with Crippen LogP contribution in [0.2, 0.25) is 0 Å². The molecule has 76 valence electrons. The summed E-state index contributed by atoms with van der Waals surface area (Å²) in [5.41, 5.74) is 0. The van der Waals surface area contributed by atoms with E-state index in [0.717, 1.165) is 4.31 Å². The molecule has 1 heterocycles. The van der Waals surface area contributed by atoms with E-state index < -0.39 is 22.2 Å². The lowest BCUT2D eigenvalue weighted by atomic mass is 10.3. The Hall–Kier alpha value is -0.660. The number of hydrogen-bond donors (Lipinski definition) is 1. The van der Waals surface area contributed by atoms with E-state index in [1.165, 1.54) is 14.0 Å². The first-order valence-corrected chi connectivity index (χ1v) is 5.23. The van der Waals surface area contributed by atoms with Crippen molar-refractivity contribution in [3.05, 3.63) is 0 Å². The second-order valence-corrected chi connectivity index (χ2v) is 4.74. The van der Waals surface area contributed by atoms with Crippen molar-refractivity contribution < 1.29 is 18.3 Å². The minimum Gasteiger partial charge on any atom is -0.395 e. The zero-order chi connectivity index (χ0) is 10.2. The summed E-state index contributed by atoms with van der Waals surface area (Å²) in [6.07, 6.45) is 0. The summed E-state index contributed by atoms with van der Waals surface area (Å²) in [5, 5.41) is 8.61. The Balaban J connectivity index is 3.03. The molecule has 0 aromatic rings. The summed E-state index contributed by atoms with van der Waals surface area (Å²) in [7, 11) is -2.46. The fourth-order valence-corrected chi connectivity index (χ4v) is 2.76. The van der Waals surface area contributed by atoms with Gasteiger partial charge in [-0.3, -0.25) is 4.79 Å². The van der Waals surface area contributed by atoms with Gasteiger partial charge in [0.05, 0.1) is 6.61 Å². The van der Waals surface area contributed by atoms with Crippen LogP contribution in [0, 0.1) is 0 Å². The van der Waals surface area contributed by atoms with Crippen LogP contribution in [0.4, 0.5) is 0 Å². The molecule has 1 N–H and O–H groups in total. The molecule has 1 unspecified atom stereocenters. The molecular formula is C6H12N2O4S. The Morgan fingerprint density at radius 2 is 2.08 bits per heavy atom. The predicted octanol–water partition coefficient (Wildman–Crippen LogP) is -1.61. The van der Waals surface area contributed by atoms with Crippen molar-refractivity contribution in [3.8, 4) is 0 Å². The maximum atomic E-state index is 11.4. The highest BCUT2D eigenvalue weighted by atomic mass is 32.2. The highest BCUT2D eigenvalue weighted by Crippen LogP contribution is 2.20. The first kappa shape index (κ1) is 10.4. The lowest BCUT2D eigenvalue weighted by molar-refractivity contribution is -0.126. The molecular weight excluding hydrogens is 196 g/mol. The van der Waals surface area contributed by atoms with E-state index in [0.29, 0.717) is 4.31 Å². The van der Waals surface area contributed by atoms with Gasteiger partial charge in [-0.25, -0.2) is 4.31 Å².